The molecule has 1 heterocycles. The quantitative estimate of drug-likeness (QED) is 0.869. The topological polar surface area (TPSA) is 37.8 Å². The van der Waals surface area contributed by atoms with Crippen molar-refractivity contribution in [3.63, 3.8) is 0 Å². The van der Waals surface area contributed by atoms with Crippen molar-refractivity contribution in [1.82, 2.24) is 9.97 Å². The number of hydrogen-bond donors (Lipinski definition) is 1. The molecule has 17 heavy (non-hydrogen) atoms. The van der Waals surface area contributed by atoms with Gasteiger partial charge in [-0.2, -0.15) is 13.2 Å². The van der Waals surface area contributed by atoms with Gasteiger partial charge >= 0.3 is 6.18 Å². The van der Waals surface area contributed by atoms with Crippen molar-refractivity contribution in [2.75, 3.05) is 11.9 Å². The van der Waals surface area contributed by atoms with E-state index in [1.807, 2.05) is 13.8 Å². The molecule has 6 heteroatoms. The van der Waals surface area contributed by atoms with Crippen LogP contribution in [0.15, 0.2) is 6.07 Å². The minimum absolute atomic E-state index is 0.167. The van der Waals surface area contributed by atoms with Gasteiger partial charge < -0.3 is 5.32 Å². The van der Waals surface area contributed by atoms with Gasteiger partial charge in [-0.05, 0) is 13.3 Å². The van der Waals surface area contributed by atoms with Gasteiger partial charge in [-0.25, -0.2) is 9.97 Å². The lowest BCUT2D eigenvalue weighted by Crippen LogP contribution is -2.16. The molecule has 0 spiro atoms. The molecule has 1 N–H and O–H groups in total. The number of hydrogen-bond acceptors (Lipinski definition) is 3. The molecule has 0 unspecified atom stereocenters. The third kappa shape index (κ3) is 5.01. The summed E-state index contributed by atoms with van der Waals surface area (Å²) in [5, 5.41) is 2.91. The van der Waals surface area contributed by atoms with Gasteiger partial charge in [0.1, 0.15) is 18.1 Å². The van der Waals surface area contributed by atoms with Crippen LogP contribution in [-0.4, -0.2) is 22.7 Å². The zero-order chi connectivity index (χ0) is 12.9. The molecule has 0 aliphatic rings. The van der Waals surface area contributed by atoms with Crippen molar-refractivity contribution >= 4 is 5.82 Å². The Labute approximate surface area is 98.5 Å². The lowest BCUT2D eigenvalue weighted by Gasteiger charge is -2.10. The number of aromatic nitrogens is 2. The van der Waals surface area contributed by atoms with Crippen molar-refractivity contribution in [2.24, 2.45) is 0 Å². The molecule has 1 rings (SSSR count). The van der Waals surface area contributed by atoms with Gasteiger partial charge in [-0.15, -0.1) is 0 Å². The molecule has 1 aromatic heterocycles. The minimum atomic E-state index is -4.27. The summed E-state index contributed by atoms with van der Waals surface area (Å²) in [6.45, 7) is 4.44. The molecule has 0 saturated carbocycles. The Morgan fingerprint density at radius 2 is 1.94 bits per heavy atom. The van der Waals surface area contributed by atoms with Gasteiger partial charge in [-0.3, -0.25) is 0 Å². The summed E-state index contributed by atoms with van der Waals surface area (Å²) >= 11 is 0. The highest BCUT2D eigenvalue weighted by Gasteiger charge is 2.29. The van der Waals surface area contributed by atoms with Gasteiger partial charge in [0.2, 0.25) is 0 Å². The first-order valence-corrected chi connectivity index (χ1v) is 5.62. The van der Waals surface area contributed by atoms with E-state index in [1.54, 1.807) is 6.07 Å². The van der Waals surface area contributed by atoms with Gasteiger partial charge in [0.15, 0.2) is 0 Å². The Kier molecular flexibility index (Phi) is 4.72. The smallest absolute Gasteiger partial charge is 0.370 e. The van der Waals surface area contributed by atoms with Crippen LogP contribution in [0.3, 0.4) is 0 Å². The normalized spacial score (nSPS) is 11.6. The second-order valence-electron chi connectivity index (χ2n) is 3.73. The Balaban J connectivity index is 2.94. The molecule has 0 atom stereocenters. The molecule has 0 aliphatic heterocycles. The van der Waals surface area contributed by atoms with E-state index in [0.717, 1.165) is 6.42 Å². The van der Waals surface area contributed by atoms with Crippen LogP contribution in [0.2, 0.25) is 0 Å². The van der Waals surface area contributed by atoms with Gasteiger partial charge in [-0.1, -0.05) is 13.3 Å². The van der Waals surface area contributed by atoms with E-state index >= 15 is 0 Å². The van der Waals surface area contributed by atoms with E-state index in [0.29, 0.717) is 24.5 Å². The van der Waals surface area contributed by atoms with Gasteiger partial charge in [0.05, 0.1) is 0 Å². The number of alkyl halides is 3. The maximum Gasteiger partial charge on any atom is 0.396 e. The summed E-state index contributed by atoms with van der Waals surface area (Å²) < 4.78 is 36.8. The number of nitrogens with one attached hydrogen (secondary N) is 1. The first-order chi connectivity index (χ1) is 7.94. The number of anilines is 1. The van der Waals surface area contributed by atoms with E-state index in [4.69, 9.17) is 0 Å². The summed E-state index contributed by atoms with van der Waals surface area (Å²) in [7, 11) is 0. The molecular weight excluding hydrogens is 231 g/mol. The fraction of sp³-hybridized carbons (Fsp3) is 0.636. The summed E-state index contributed by atoms with van der Waals surface area (Å²) in [4.78, 5) is 7.77. The Bertz CT molecular complexity index is 339. The molecule has 0 aromatic carbocycles. The number of nitrogens with zero attached hydrogens (tertiary/aromatic N) is 2. The molecule has 0 amide bonds. The summed E-state index contributed by atoms with van der Waals surface area (Å²) in [6.07, 6.45) is -3.85. The van der Waals surface area contributed by atoms with E-state index in [-0.39, 0.29) is 5.82 Å². The van der Waals surface area contributed by atoms with Crippen LogP contribution in [0.5, 0.6) is 0 Å². The molecule has 0 bridgehead atoms. The van der Waals surface area contributed by atoms with E-state index in [2.05, 4.69) is 15.3 Å². The Hall–Kier alpha value is -1.33. The standard InChI is InChI=1S/C11H16F3N3/c1-3-5-8-6-9(15-4-2)17-10(16-8)7-11(12,13)14/h6H,3-5,7H2,1-2H3,(H,15,16,17). The third-order valence-corrected chi connectivity index (χ3v) is 2.05. The molecule has 0 saturated heterocycles. The zero-order valence-electron chi connectivity index (χ0n) is 9.93. The van der Waals surface area contributed by atoms with Crippen LogP contribution in [0.1, 0.15) is 31.8 Å². The van der Waals surface area contributed by atoms with Crippen LogP contribution >= 0.6 is 0 Å². The molecule has 1 aromatic rings. The van der Waals surface area contributed by atoms with Crippen molar-refractivity contribution in [1.29, 1.82) is 0 Å². The Morgan fingerprint density at radius 1 is 1.24 bits per heavy atom. The van der Waals surface area contributed by atoms with Crippen molar-refractivity contribution in [3.8, 4) is 0 Å². The first-order valence-electron chi connectivity index (χ1n) is 5.62. The highest BCUT2D eigenvalue weighted by atomic mass is 19.4. The van der Waals surface area contributed by atoms with Crippen molar-refractivity contribution in [3.05, 3.63) is 17.6 Å². The molecular formula is C11H16F3N3. The SMILES string of the molecule is CCCc1cc(NCC)nc(CC(F)(F)F)n1. The summed E-state index contributed by atoms with van der Waals surface area (Å²) in [5.41, 5.74) is 0.651. The van der Waals surface area contributed by atoms with Crippen molar-refractivity contribution < 1.29 is 13.2 Å². The largest absolute Gasteiger partial charge is 0.396 e. The van der Waals surface area contributed by atoms with Gasteiger partial charge in [0, 0.05) is 18.3 Å². The maximum absolute atomic E-state index is 12.3. The fourth-order valence-electron chi connectivity index (χ4n) is 1.47. The second kappa shape index (κ2) is 5.84. The van der Waals surface area contributed by atoms with Gasteiger partial charge in [0.25, 0.3) is 0 Å². The van der Waals surface area contributed by atoms with Crippen LogP contribution in [0.4, 0.5) is 19.0 Å². The molecule has 0 fully saturated rings. The number of rotatable bonds is 5. The fourth-order valence-corrected chi connectivity index (χ4v) is 1.47. The second-order valence-corrected chi connectivity index (χ2v) is 3.73. The molecule has 0 radical (unpaired) electrons. The first kappa shape index (κ1) is 13.7. The highest BCUT2D eigenvalue weighted by molar-refractivity contribution is 5.36. The van der Waals surface area contributed by atoms with Crippen molar-refractivity contribution in [2.45, 2.75) is 39.3 Å². The van der Waals surface area contributed by atoms with E-state index in [1.165, 1.54) is 0 Å². The average Bonchev–Trinajstić information content (AvgIpc) is 2.15. The summed E-state index contributed by atoms with van der Waals surface area (Å²) in [5.74, 6) is 0.296. The predicted octanol–water partition coefficient (Wildman–Crippen LogP) is 2.97. The lowest BCUT2D eigenvalue weighted by molar-refractivity contribution is -0.128. The lowest BCUT2D eigenvalue weighted by atomic mass is 10.2. The van der Waals surface area contributed by atoms with Crippen LogP contribution in [0.25, 0.3) is 0 Å². The molecule has 3 nitrogen and oxygen atoms in total. The monoisotopic (exact) mass is 247 g/mol. The maximum atomic E-state index is 12.3. The predicted molar refractivity (Wildman–Crippen MR) is 59.9 cm³/mol. The van der Waals surface area contributed by atoms with Crippen LogP contribution in [0, 0.1) is 0 Å². The number of halogens is 3. The highest BCUT2D eigenvalue weighted by Crippen LogP contribution is 2.20. The van der Waals surface area contributed by atoms with Crippen LogP contribution in [-0.2, 0) is 12.8 Å². The van der Waals surface area contributed by atoms with Crippen LogP contribution < -0.4 is 5.32 Å². The zero-order valence-corrected chi connectivity index (χ0v) is 9.93. The minimum Gasteiger partial charge on any atom is -0.370 e. The third-order valence-electron chi connectivity index (χ3n) is 2.05. The summed E-state index contributed by atoms with van der Waals surface area (Å²) in [6, 6.07) is 1.70. The average molecular weight is 247 g/mol. The molecule has 96 valence electrons. The van der Waals surface area contributed by atoms with E-state index in [9.17, 15) is 13.2 Å². The Morgan fingerprint density at radius 3 is 2.47 bits per heavy atom. The van der Waals surface area contributed by atoms with E-state index < -0.39 is 12.6 Å². The molecule has 0 aliphatic carbocycles. The number of aryl methyl sites for hydroxylation is 1.